The van der Waals surface area contributed by atoms with E-state index in [-0.39, 0.29) is 16.4 Å². The zero-order valence-corrected chi connectivity index (χ0v) is 13.4. The first-order valence-corrected chi connectivity index (χ1v) is 7.16. The van der Waals surface area contributed by atoms with Gasteiger partial charge >= 0.3 is 15.8 Å². The average molecular weight is 280 g/mol. The molecule has 0 atom stereocenters. The number of benzene rings is 1. The smallest absolute Gasteiger partial charge is 0.335 e. The number of hydrogen-bond donors (Lipinski definition) is 1. The second-order valence-corrected chi connectivity index (χ2v) is 7.50. The maximum Gasteiger partial charge on any atom is 0.335 e. The number of rotatable bonds is 2. The third-order valence-electron chi connectivity index (χ3n) is 3.09. The van der Waals surface area contributed by atoms with Gasteiger partial charge < -0.3 is 9.21 Å². The molecular formula is C15H21FO2Si. The molecule has 0 amide bonds. The van der Waals surface area contributed by atoms with Crippen LogP contribution in [0.2, 0.25) is 0 Å². The highest BCUT2D eigenvalue weighted by molar-refractivity contribution is 6.49. The lowest BCUT2D eigenvalue weighted by molar-refractivity contribution is 0.0698. The highest BCUT2D eigenvalue weighted by Crippen LogP contribution is 2.33. The van der Waals surface area contributed by atoms with E-state index in [2.05, 4.69) is 20.8 Å². The van der Waals surface area contributed by atoms with E-state index in [0.29, 0.717) is 5.19 Å². The van der Waals surface area contributed by atoms with Crippen molar-refractivity contribution in [3.05, 3.63) is 28.8 Å². The Bertz CT molecular complexity index is 496. The molecule has 0 aromatic heterocycles. The van der Waals surface area contributed by atoms with Crippen LogP contribution in [-0.4, -0.2) is 20.9 Å². The van der Waals surface area contributed by atoms with Gasteiger partial charge in [0.2, 0.25) is 0 Å². The topological polar surface area (TPSA) is 37.3 Å². The summed E-state index contributed by atoms with van der Waals surface area (Å²) >= 11 is 0. The van der Waals surface area contributed by atoms with Crippen molar-refractivity contribution in [2.24, 2.45) is 0 Å². The number of carboxylic acid groups (broad SMARTS) is 1. The van der Waals surface area contributed by atoms with E-state index < -0.39 is 15.8 Å². The zero-order valence-electron chi connectivity index (χ0n) is 12.4. The van der Waals surface area contributed by atoms with E-state index in [1.165, 1.54) is 6.07 Å². The van der Waals surface area contributed by atoms with Gasteiger partial charge in [0.25, 0.3) is 0 Å². The van der Waals surface area contributed by atoms with Crippen molar-refractivity contribution in [2.75, 3.05) is 0 Å². The van der Waals surface area contributed by atoms with Gasteiger partial charge in [-0.05, 0) is 33.2 Å². The van der Waals surface area contributed by atoms with Crippen LogP contribution in [0.25, 0.3) is 0 Å². The van der Waals surface area contributed by atoms with Crippen LogP contribution in [0.15, 0.2) is 12.1 Å². The van der Waals surface area contributed by atoms with Gasteiger partial charge in [-0.1, -0.05) is 47.6 Å². The first-order chi connectivity index (χ1) is 8.50. The highest BCUT2D eigenvalue weighted by Gasteiger charge is 2.30. The minimum absolute atomic E-state index is 0.0822. The molecule has 19 heavy (non-hydrogen) atoms. The van der Waals surface area contributed by atoms with Gasteiger partial charge in [-0.25, -0.2) is 4.79 Å². The molecule has 1 aromatic rings. The fourth-order valence-electron chi connectivity index (χ4n) is 2.28. The first kappa shape index (κ1) is 15.9. The lowest BCUT2D eigenvalue weighted by atomic mass is 9.74. The zero-order chi connectivity index (χ0) is 15.0. The van der Waals surface area contributed by atoms with Crippen molar-refractivity contribution in [1.82, 2.24) is 0 Å². The van der Waals surface area contributed by atoms with Gasteiger partial charge in [-0.15, -0.1) is 0 Å². The van der Waals surface area contributed by atoms with Gasteiger partial charge in [0.1, 0.15) is 0 Å². The predicted octanol–water partition coefficient (Wildman–Crippen LogP) is 3.19. The molecule has 0 aliphatic rings. The minimum atomic E-state index is -1.06. The van der Waals surface area contributed by atoms with E-state index in [1.807, 2.05) is 26.8 Å². The minimum Gasteiger partial charge on any atom is -0.478 e. The molecular weight excluding hydrogens is 259 g/mol. The Labute approximate surface area is 117 Å². The van der Waals surface area contributed by atoms with Crippen LogP contribution in [0.5, 0.6) is 0 Å². The van der Waals surface area contributed by atoms with E-state index in [4.69, 9.17) is 0 Å². The molecule has 1 N–H and O–H groups in total. The number of halogens is 1. The Hall–Kier alpha value is -1.16. The molecule has 0 spiro atoms. The number of aromatic carboxylic acids is 1. The molecule has 0 aliphatic heterocycles. The first-order valence-electron chi connectivity index (χ1n) is 6.28. The molecule has 1 rings (SSSR count). The Kier molecular flexibility index (Phi) is 4.25. The van der Waals surface area contributed by atoms with E-state index in [9.17, 15) is 14.0 Å². The normalized spacial score (nSPS) is 12.6. The molecule has 2 radical (unpaired) electrons. The standard InChI is InChI=1S/C15H21FO2Si/c1-14(2,3)10-8-7-9(13(17)18)12(19-16)11(10)15(4,5)6/h7-8H,1-6H3,(H,17,18). The summed E-state index contributed by atoms with van der Waals surface area (Å²) in [4.78, 5) is 11.3. The molecule has 0 saturated carbocycles. The third kappa shape index (κ3) is 3.24. The van der Waals surface area contributed by atoms with E-state index in [0.717, 1.165) is 11.1 Å². The Morgan fingerprint density at radius 1 is 1.11 bits per heavy atom. The number of carbonyl (C=O) groups is 1. The van der Waals surface area contributed by atoms with Crippen molar-refractivity contribution in [2.45, 2.75) is 52.4 Å². The van der Waals surface area contributed by atoms with Gasteiger partial charge in [-0.3, -0.25) is 0 Å². The molecule has 0 heterocycles. The van der Waals surface area contributed by atoms with Crippen LogP contribution < -0.4 is 5.19 Å². The van der Waals surface area contributed by atoms with Gasteiger partial charge in [0.05, 0.1) is 5.56 Å². The molecule has 0 bridgehead atoms. The molecule has 104 valence electrons. The summed E-state index contributed by atoms with van der Waals surface area (Å²) < 4.78 is 13.5. The monoisotopic (exact) mass is 280 g/mol. The van der Waals surface area contributed by atoms with Crippen LogP contribution in [0, 0.1) is 0 Å². The summed E-state index contributed by atoms with van der Waals surface area (Å²) in [5, 5.41) is 9.56. The Morgan fingerprint density at radius 3 is 1.95 bits per heavy atom. The van der Waals surface area contributed by atoms with Crippen LogP contribution in [0.3, 0.4) is 0 Å². The average Bonchev–Trinajstić information content (AvgIpc) is 2.24. The number of carboxylic acids is 1. The molecule has 0 fully saturated rings. The van der Waals surface area contributed by atoms with Crippen LogP contribution in [0.4, 0.5) is 4.11 Å². The summed E-state index contributed by atoms with van der Waals surface area (Å²) in [5.41, 5.74) is 1.50. The Balaban J connectivity index is 3.76. The van der Waals surface area contributed by atoms with E-state index >= 15 is 0 Å². The SMILES string of the molecule is CC(C)(C)c1ccc(C(=O)O)c([Si]F)c1C(C)(C)C. The van der Waals surface area contributed by atoms with Crippen molar-refractivity contribution >= 4 is 21.0 Å². The predicted molar refractivity (Wildman–Crippen MR) is 77.3 cm³/mol. The second-order valence-electron chi connectivity index (χ2n) is 6.81. The lowest BCUT2D eigenvalue weighted by Gasteiger charge is -2.32. The molecule has 0 saturated heterocycles. The van der Waals surface area contributed by atoms with Crippen molar-refractivity contribution in [3.8, 4) is 0 Å². The fraction of sp³-hybridized carbons (Fsp3) is 0.533. The summed E-state index contributed by atoms with van der Waals surface area (Å²) in [6.07, 6.45) is 0. The maximum absolute atomic E-state index is 13.5. The second kappa shape index (κ2) is 5.08. The van der Waals surface area contributed by atoms with Gasteiger partial charge in [0.15, 0.2) is 0 Å². The van der Waals surface area contributed by atoms with Crippen LogP contribution in [-0.2, 0) is 10.8 Å². The van der Waals surface area contributed by atoms with E-state index in [1.54, 1.807) is 0 Å². The fourth-order valence-corrected chi connectivity index (χ4v) is 3.18. The highest BCUT2D eigenvalue weighted by atomic mass is 28.3. The third-order valence-corrected chi connectivity index (χ3v) is 3.80. The quantitative estimate of drug-likeness (QED) is 0.667. The summed E-state index contributed by atoms with van der Waals surface area (Å²) in [5.74, 6) is -1.06. The molecule has 2 nitrogen and oxygen atoms in total. The largest absolute Gasteiger partial charge is 0.478 e. The molecule has 4 heteroatoms. The Morgan fingerprint density at radius 2 is 1.63 bits per heavy atom. The van der Waals surface area contributed by atoms with Crippen LogP contribution in [0.1, 0.15) is 63.0 Å². The summed E-state index contributed by atoms with van der Waals surface area (Å²) in [6.45, 7) is 12.2. The lowest BCUT2D eigenvalue weighted by Crippen LogP contribution is -2.35. The van der Waals surface area contributed by atoms with Gasteiger partial charge in [0, 0.05) is 0 Å². The van der Waals surface area contributed by atoms with Crippen molar-refractivity contribution in [1.29, 1.82) is 0 Å². The summed E-state index contributed by atoms with van der Waals surface area (Å²) in [6, 6.07) is 3.35. The maximum atomic E-state index is 13.5. The van der Waals surface area contributed by atoms with Crippen LogP contribution >= 0.6 is 0 Å². The molecule has 0 aliphatic carbocycles. The van der Waals surface area contributed by atoms with Crippen molar-refractivity contribution < 1.29 is 14.0 Å². The summed E-state index contributed by atoms with van der Waals surface area (Å²) in [7, 11) is -1.01. The van der Waals surface area contributed by atoms with Gasteiger partial charge in [-0.2, -0.15) is 0 Å². The van der Waals surface area contributed by atoms with Crippen molar-refractivity contribution in [3.63, 3.8) is 0 Å². The number of hydrogen-bond acceptors (Lipinski definition) is 1. The molecule has 1 aromatic carbocycles. The molecule has 0 unspecified atom stereocenters.